The Hall–Kier alpha value is -3.06. The fourth-order valence-corrected chi connectivity index (χ4v) is 5.64. The van der Waals surface area contributed by atoms with Gasteiger partial charge in [0.05, 0.1) is 47.0 Å². The highest BCUT2D eigenvalue weighted by atomic mass is 16.7. The lowest BCUT2D eigenvalue weighted by molar-refractivity contribution is -0.466. The summed E-state index contributed by atoms with van der Waals surface area (Å²) < 4.78 is 11.9. The molecule has 7 atom stereocenters. The molecule has 0 saturated carbocycles. The molecule has 0 bridgehead atoms. The number of carbonyl (C=O) groups excluding carboxylic acids is 2. The van der Waals surface area contributed by atoms with Crippen LogP contribution in [-0.2, 0) is 15.9 Å². The Balaban J connectivity index is 1.67. The average Bonchev–Trinajstić information content (AvgIpc) is 2.82. The van der Waals surface area contributed by atoms with Crippen molar-refractivity contribution < 1.29 is 55.4 Å². The molecule has 1 fully saturated rings. The number of hydrogen-bond donors (Lipinski definition) is 7. The topological polar surface area (TPSA) is 202 Å². The average molecular weight is 517 g/mol. The van der Waals surface area contributed by atoms with Crippen LogP contribution in [0.2, 0.25) is 0 Å². The molecule has 11 heteroatoms. The van der Waals surface area contributed by atoms with Crippen molar-refractivity contribution in [3.05, 3.63) is 51.6 Å². The molecule has 3 aliphatic rings. The molecule has 11 nitrogen and oxygen atoms in total. The Kier molecular flexibility index (Phi) is 6.06. The third-order valence-electron chi connectivity index (χ3n) is 7.82. The van der Waals surface area contributed by atoms with E-state index < -0.39 is 82.3 Å². The van der Waals surface area contributed by atoms with Crippen molar-refractivity contribution in [2.45, 2.75) is 75.5 Å². The van der Waals surface area contributed by atoms with Crippen LogP contribution < -0.4 is 5.73 Å². The monoisotopic (exact) mass is 516 g/mol. The van der Waals surface area contributed by atoms with E-state index in [1.54, 1.807) is 6.92 Å². The number of quaternary nitrogens is 1. The van der Waals surface area contributed by atoms with Crippen LogP contribution >= 0.6 is 0 Å². The van der Waals surface area contributed by atoms with E-state index in [4.69, 9.17) is 9.47 Å². The second kappa shape index (κ2) is 8.76. The zero-order valence-corrected chi connectivity index (χ0v) is 20.3. The van der Waals surface area contributed by atoms with Gasteiger partial charge in [0.2, 0.25) is 5.78 Å². The van der Waals surface area contributed by atoms with Crippen LogP contribution in [-0.4, -0.2) is 78.5 Å². The second-order valence-corrected chi connectivity index (χ2v) is 10.2. The summed E-state index contributed by atoms with van der Waals surface area (Å²) in [6, 6.07) is 3.52. The van der Waals surface area contributed by atoms with Crippen LogP contribution in [0.15, 0.2) is 18.2 Å². The van der Waals surface area contributed by atoms with Gasteiger partial charge in [-0.25, -0.2) is 0 Å². The number of benzene rings is 2. The summed E-state index contributed by atoms with van der Waals surface area (Å²) in [6.45, 7) is 3.01. The van der Waals surface area contributed by atoms with Gasteiger partial charge >= 0.3 is 0 Å². The van der Waals surface area contributed by atoms with Crippen molar-refractivity contribution in [2.75, 3.05) is 0 Å². The maximum absolute atomic E-state index is 13.4. The summed E-state index contributed by atoms with van der Waals surface area (Å²) in [4.78, 5) is 26.7. The molecule has 2 aromatic rings. The summed E-state index contributed by atoms with van der Waals surface area (Å²) in [7, 11) is 0. The lowest BCUT2D eigenvalue weighted by atomic mass is 9.71. The van der Waals surface area contributed by atoms with E-state index in [2.05, 4.69) is 5.73 Å². The molecule has 2 aliphatic carbocycles. The molecule has 0 radical (unpaired) electrons. The number of aliphatic hydroxyl groups excluding tert-OH is 2. The Bertz CT molecular complexity index is 1290. The van der Waals surface area contributed by atoms with Crippen molar-refractivity contribution >= 4 is 11.6 Å². The zero-order chi connectivity index (χ0) is 27.0. The van der Waals surface area contributed by atoms with E-state index >= 15 is 0 Å². The van der Waals surface area contributed by atoms with Gasteiger partial charge in [0.15, 0.2) is 12.1 Å². The smallest absolute Gasteiger partial charge is 0.202 e. The third-order valence-corrected chi connectivity index (χ3v) is 7.82. The molecule has 0 aromatic heterocycles. The van der Waals surface area contributed by atoms with Gasteiger partial charge in [-0.3, -0.25) is 9.59 Å². The molecule has 1 saturated heterocycles. The predicted octanol–water partition coefficient (Wildman–Crippen LogP) is -0.199. The van der Waals surface area contributed by atoms with E-state index in [0.717, 1.165) is 0 Å². The first-order chi connectivity index (χ1) is 17.4. The largest absolute Gasteiger partial charge is 0.507 e. The Morgan fingerprint density at radius 3 is 2.43 bits per heavy atom. The normalized spacial score (nSPS) is 31.9. The Labute approximate surface area is 211 Å². The molecule has 0 amide bonds. The van der Waals surface area contributed by atoms with E-state index in [-0.39, 0.29) is 41.5 Å². The molecule has 37 heavy (non-hydrogen) atoms. The standard InChI is InChI=1S/C26H29NO10/c1-9-21(30)13(27)6-16(36-9)37-15-8-26(35,10(2)28)7-12-18(15)25(34)20-19(23(12)32)22(31)11-4-3-5-14(29)17(11)24(20)33/h3-5,9-10,13,15-16,21,28-30,32,34-35H,6-8,27H2,1-2H3/p+1/t9-,10?,13-,15-,16-,21+,26-/m0/s1. The molecule has 1 unspecified atom stereocenters. The lowest BCUT2D eigenvalue weighted by Gasteiger charge is -2.43. The molecule has 9 N–H and O–H groups in total. The van der Waals surface area contributed by atoms with E-state index in [9.17, 15) is 40.2 Å². The van der Waals surface area contributed by atoms with Gasteiger partial charge in [0.1, 0.15) is 29.4 Å². The molecule has 198 valence electrons. The fourth-order valence-electron chi connectivity index (χ4n) is 5.64. The number of aliphatic hydroxyl groups is 3. The van der Waals surface area contributed by atoms with Crippen molar-refractivity contribution in [1.29, 1.82) is 0 Å². The maximum atomic E-state index is 13.4. The number of hydrogen-bond acceptors (Lipinski definition) is 10. The molecular formula is C26H30NO10+. The summed E-state index contributed by atoms with van der Waals surface area (Å²) in [6.07, 6.45) is -5.21. The molecule has 1 heterocycles. The first kappa shape index (κ1) is 25.6. The highest BCUT2D eigenvalue weighted by Gasteiger charge is 2.49. The highest BCUT2D eigenvalue weighted by Crippen LogP contribution is 2.52. The van der Waals surface area contributed by atoms with Crippen molar-refractivity contribution in [3.8, 4) is 17.2 Å². The molecule has 5 rings (SSSR count). The van der Waals surface area contributed by atoms with Crippen LogP contribution in [0.5, 0.6) is 17.2 Å². The van der Waals surface area contributed by atoms with Crippen LogP contribution in [0.3, 0.4) is 0 Å². The van der Waals surface area contributed by atoms with Gasteiger partial charge < -0.3 is 45.8 Å². The fraction of sp³-hybridized carbons (Fsp3) is 0.462. The second-order valence-electron chi connectivity index (χ2n) is 10.2. The summed E-state index contributed by atoms with van der Waals surface area (Å²) in [5.74, 6) is -3.32. The number of phenols is 3. The van der Waals surface area contributed by atoms with E-state index in [1.165, 1.54) is 25.1 Å². The molecule has 0 spiro atoms. The number of phenolic OH excluding ortho intramolecular Hbond substituents is 3. The minimum absolute atomic E-state index is 0.0235. The van der Waals surface area contributed by atoms with Crippen LogP contribution in [0.1, 0.15) is 75.8 Å². The van der Waals surface area contributed by atoms with Crippen LogP contribution in [0.4, 0.5) is 0 Å². The predicted molar refractivity (Wildman–Crippen MR) is 125 cm³/mol. The van der Waals surface area contributed by atoms with E-state index in [0.29, 0.717) is 0 Å². The number of fused-ring (bicyclic) bond motifs is 3. The van der Waals surface area contributed by atoms with Gasteiger partial charge in [-0.15, -0.1) is 0 Å². The summed E-state index contributed by atoms with van der Waals surface area (Å²) >= 11 is 0. The van der Waals surface area contributed by atoms with Gasteiger partial charge in [0.25, 0.3) is 0 Å². The first-order valence-corrected chi connectivity index (χ1v) is 12.1. The Morgan fingerprint density at radius 2 is 1.78 bits per heavy atom. The number of ketones is 2. The SMILES string of the molecule is CC(O)[C@]1(O)Cc2c(O)c3c(c(O)c2[C@@H](O[C@H]2C[C@H]([NH3+])[C@H](O)[C@H](C)O2)C1)C(=O)c1c(O)cccc1C3=O. The minimum Gasteiger partial charge on any atom is -0.507 e. The van der Waals surface area contributed by atoms with Crippen molar-refractivity contribution in [1.82, 2.24) is 0 Å². The Morgan fingerprint density at radius 1 is 1.11 bits per heavy atom. The lowest BCUT2D eigenvalue weighted by Crippen LogP contribution is -2.71. The van der Waals surface area contributed by atoms with Crippen LogP contribution in [0.25, 0.3) is 0 Å². The third kappa shape index (κ3) is 3.81. The number of carbonyl (C=O) groups is 2. The number of aromatic hydroxyl groups is 3. The number of ether oxygens (including phenoxy) is 2. The van der Waals surface area contributed by atoms with Gasteiger partial charge in [-0.2, -0.15) is 0 Å². The maximum Gasteiger partial charge on any atom is 0.202 e. The molecule has 2 aromatic carbocycles. The van der Waals surface area contributed by atoms with Crippen molar-refractivity contribution in [3.63, 3.8) is 0 Å². The first-order valence-electron chi connectivity index (χ1n) is 12.1. The zero-order valence-electron chi connectivity index (χ0n) is 20.3. The molecule has 1 aliphatic heterocycles. The quantitative estimate of drug-likeness (QED) is 0.229. The van der Waals surface area contributed by atoms with Crippen molar-refractivity contribution in [2.24, 2.45) is 0 Å². The van der Waals surface area contributed by atoms with E-state index in [1.807, 2.05) is 0 Å². The number of rotatable bonds is 3. The van der Waals surface area contributed by atoms with Gasteiger partial charge in [0, 0.05) is 29.5 Å². The van der Waals surface area contributed by atoms with Gasteiger partial charge in [-0.05, 0) is 19.9 Å². The highest BCUT2D eigenvalue weighted by molar-refractivity contribution is 6.31. The van der Waals surface area contributed by atoms with Crippen LogP contribution in [0, 0.1) is 0 Å². The van der Waals surface area contributed by atoms with Gasteiger partial charge in [-0.1, -0.05) is 12.1 Å². The minimum atomic E-state index is -1.81. The summed E-state index contributed by atoms with van der Waals surface area (Å²) in [5, 5.41) is 64.8. The summed E-state index contributed by atoms with van der Waals surface area (Å²) in [5.41, 5.74) is 0.691. The molecular weight excluding hydrogens is 486 g/mol.